The lowest BCUT2D eigenvalue weighted by atomic mass is 10.00. The van der Waals surface area contributed by atoms with Crippen molar-refractivity contribution < 1.29 is 177 Å². The van der Waals surface area contributed by atoms with Gasteiger partial charge in [-0.1, -0.05) is 212 Å². The van der Waals surface area contributed by atoms with Gasteiger partial charge < -0.3 is 74.5 Å². The molecular weight excluding hydrogens is 1890 g/mol. The zero-order valence-corrected chi connectivity index (χ0v) is 83.2. The number of hydrogen-bond donors (Lipinski definition) is 2. The number of unbranched alkanes of at least 4 members (excludes halogenated alkanes) is 17. The summed E-state index contributed by atoms with van der Waals surface area (Å²) in [7, 11) is -31.6. The summed E-state index contributed by atoms with van der Waals surface area (Å²) in [5, 5.41) is 0. The Labute approximate surface area is 769 Å². The van der Waals surface area contributed by atoms with E-state index in [4.69, 9.17) is 42.3 Å². The average molecular weight is 2030 g/mol. The molecule has 0 aromatic heterocycles. The SMILES string of the molecule is C=C(C)C(=O)OCCCCS(=C)(=O)[O-].C=C(C)C(=O)OCCCCS(=C)(=O)[O-].C=C(CC(=O)OCCCCS(=O)(=O)O)C(=O)OCCCCS(=C)(=O)[O-].C=S(=O)([O-])CCCCOC(=O)CCCCCCCC.C=S(=O)([O-])CCCOC(=O)C(CC)CCCC.C=S(=O)([O-])CCOC(=O)CCCCCCC.O=C(/C=C/C(=O)OCCCCS(=O)(=O)O)OCCCCS(=O)(=O)[O-]. The molecule has 0 saturated carbocycles. The molecule has 7 unspecified atom stereocenters. The second-order valence-corrected chi connectivity index (χ2v) is 45.0. The summed E-state index contributed by atoms with van der Waals surface area (Å²) < 4.78 is 261. The normalized spacial score (nSPS) is 14.0. The lowest BCUT2D eigenvalue weighted by Gasteiger charge is -2.15. The van der Waals surface area contributed by atoms with Crippen LogP contribution in [0, 0.1) is 5.92 Å². The number of rotatable bonds is 67. The molecule has 0 aliphatic rings. The van der Waals surface area contributed by atoms with Crippen molar-refractivity contribution in [1.82, 2.24) is 0 Å². The molecule has 0 radical (unpaired) electrons. The number of carbonyl (C=O) groups is 9. The average Bonchev–Trinajstić information content (AvgIpc) is 0.957. The molecule has 0 aliphatic heterocycles. The van der Waals surface area contributed by atoms with E-state index in [-0.39, 0.29) is 162 Å². The first-order chi connectivity index (χ1) is 59.4. The van der Waals surface area contributed by atoms with Gasteiger partial charge in [-0.2, -0.15) is 16.8 Å². The van der Waals surface area contributed by atoms with E-state index in [0.29, 0.717) is 88.4 Å². The van der Waals surface area contributed by atoms with E-state index in [0.717, 1.165) is 69.9 Å². The van der Waals surface area contributed by atoms with Crippen LogP contribution in [0.2, 0.25) is 0 Å². The topological polar surface area (TPSA) is 643 Å². The number of esters is 9. The quantitative estimate of drug-likeness (QED) is 0.0145. The van der Waals surface area contributed by atoms with Crippen molar-refractivity contribution in [3.63, 3.8) is 0 Å². The zero-order chi connectivity index (χ0) is 101. The van der Waals surface area contributed by atoms with Crippen LogP contribution in [-0.2, 0) is 175 Å². The molecule has 7 atom stereocenters. The van der Waals surface area contributed by atoms with Crippen molar-refractivity contribution >= 4 is 178 Å². The van der Waals surface area contributed by atoms with E-state index in [1.54, 1.807) is 13.8 Å². The van der Waals surface area contributed by atoms with E-state index in [9.17, 15) is 126 Å². The van der Waals surface area contributed by atoms with Gasteiger partial charge in [0.1, 0.15) is 6.61 Å². The first kappa shape index (κ1) is 136. The molecule has 0 saturated heterocycles. The predicted molar refractivity (Wildman–Crippen MR) is 498 cm³/mol. The Morgan fingerprint density at radius 3 is 0.884 bits per heavy atom. The molecule has 762 valence electrons. The third-order valence-electron chi connectivity index (χ3n) is 15.6. The fourth-order valence-electron chi connectivity index (χ4n) is 8.80. The van der Waals surface area contributed by atoms with E-state index >= 15 is 0 Å². The van der Waals surface area contributed by atoms with E-state index < -0.39 is 142 Å². The maximum absolute atomic E-state index is 11.6. The van der Waals surface area contributed by atoms with Crippen LogP contribution in [0.25, 0.3) is 0 Å². The number of carbonyl (C=O) groups excluding carboxylic acids is 9. The third kappa shape index (κ3) is 126. The second kappa shape index (κ2) is 80.3. The van der Waals surface area contributed by atoms with Crippen LogP contribution in [0.3, 0.4) is 0 Å². The van der Waals surface area contributed by atoms with Crippen LogP contribution >= 0.6 is 0 Å². The molecule has 0 amide bonds. The maximum atomic E-state index is 11.6. The number of ether oxygens (including phenoxy) is 9. The van der Waals surface area contributed by atoms with Crippen molar-refractivity contribution in [2.45, 2.75) is 253 Å². The highest BCUT2D eigenvalue weighted by Gasteiger charge is 2.18. The Morgan fingerprint density at radius 1 is 0.302 bits per heavy atom. The van der Waals surface area contributed by atoms with Crippen LogP contribution < -0.4 is 0 Å². The van der Waals surface area contributed by atoms with E-state index in [1.165, 1.54) is 38.5 Å². The van der Waals surface area contributed by atoms with Gasteiger partial charge in [0.15, 0.2) is 0 Å². The molecule has 0 fully saturated rings. The minimum Gasteiger partial charge on any atom is -0.778 e. The highest BCUT2D eigenvalue weighted by molar-refractivity contribution is 7.96. The summed E-state index contributed by atoms with van der Waals surface area (Å²) in [6.07, 6.45) is 23.0. The highest BCUT2D eigenvalue weighted by atomic mass is 32.2. The Balaban J connectivity index is -0.000000272. The predicted octanol–water partition coefficient (Wildman–Crippen LogP) is 8.03. The second-order valence-electron chi connectivity index (χ2n) is 29.0. The molecule has 0 spiro atoms. The summed E-state index contributed by atoms with van der Waals surface area (Å²) in [5.41, 5.74) is 0.581. The van der Waals surface area contributed by atoms with Crippen LogP contribution in [0.15, 0.2) is 48.6 Å². The molecule has 0 heterocycles. The molecule has 48 heteroatoms. The lowest BCUT2D eigenvalue weighted by molar-refractivity contribution is -0.149. The Hall–Kier alpha value is -6.20. The van der Waals surface area contributed by atoms with Gasteiger partial charge in [0.25, 0.3) is 20.2 Å². The summed E-state index contributed by atoms with van der Waals surface area (Å²) in [6, 6.07) is 0. The Bertz CT molecular complexity index is 4210. The first-order valence-corrected chi connectivity index (χ1v) is 57.4. The monoisotopic (exact) mass is 2030 g/mol. The van der Waals surface area contributed by atoms with E-state index in [2.05, 4.69) is 85.2 Å². The van der Waals surface area contributed by atoms with Gasteiger partial charge in [0.05, 0.1) is 86.8 Å². The fourth-order valence-corrected chi connectivity index (χ4v) is 14.0. The van der Waals surface area contributed by atoms with Gasteiger partial charge in [0.2, 0.25) is 0 Å². The van der Waals surface area contributed by atoms with Crippen LogP contribution in [0.5, 0.6) is 0 Å². The third-order valence-corrected chi connectivity index (χ3v) is 23.4. The molecule has 0 aromatic rings. The molecular formula is C81H143O39S9-7. The van der Waals surface area contributed by atoms with Gasteiger partial charge >= 0.3 is 53.7 Å². The molecule has 0 aliphatic carbocycles. The fraction of sp³-hybridized carbons (Fsp3) is 0.716. The first-order valence-electron chi connectivity index (χ1n) is 41.7. The van der Waals surface area contributed by atoms with E-state index in [1.807, 2.05) is 6.92 Å². The van der Waals surface area contributed by atoms with Crippen molar-refractivity contribution in [1.29, 1.82) is 0 Å². The van der Waals surface area contributed by atoms with Crippen LogP contribution in [-0.4, -0.2) is 292 Å². The summed E-state index contributed by atoms with van der Waals surface area (Å²) in [4.78, 5) is 101. The number of hydrogen-bond acceptors (Lipinski definition) is 37. The Morgan fingerprint density at radius 2 is 0.574 bits per heavy atom. The van der Waals surface area contributed by atoms with Crippen LogP contribution in [0.1, 0.15) is 253 Å². The largest absolute Gasteiger partial charge is 0.778 e. The standard InChI is InChI=1S/C14H24O9S2.C14H28O4S.C12H20O10S2.C12H24O4S.C11H22O4S.2C9H16O4S/c1-12(14(16)23-8-3-5-9-24(2,17)18)11-13(15)22-7-4-6-10-25(19,20)21;1-3-4-5-6-7-8-11-14(15)18-12-9-10-13-19(2,16)17;13-11(21-7-1-3-9-23(15,16)17)5-6-12(14)22-8-2-4-10-24(18,19)20;1-4-6-8-11(5-2)12(13)16-9-7-10-17(3,14)15;1-3-4-5-6-7-8-11(12)15-9-10-16(2,13)14;2*1-8(2)9(10)13-6-4-5-7-14(3,11)12/h1-11H2,(H,17,18)(H,19,20,21);2-13H2,1H3,(H,16,17);5-6H,1-4,7-10H2,(H,15,16,17)(H,18,19,20);11H,3-10H2,1-2H3,(H,14,15);2-10H2,1H3,(H,13,14);2*1,3-7H2,2H3,(H,11,12)/p-7/b;;6-5+;;;;. The minimum atomic E-state index is -4.28. The minimum absolute atomic E-state index is 0.00193. The van der Waals surface area contributed by atoms with Crippen molar-refractivity contribution in [2.24, 2.45) is 5.92 Å². The van der Waals surface area contributed by atoms with Gasteiger partial charge in [0, 0.05) is 82.0 Å². The van der Waals surface area contributed by atoms with Gasteiger partial charge in [-0.15, -0.1) is 0 Å². The zero-order valence-electron chi connectivity index (χ0n) is 75.8. The molecule has 0 bridgehead atoms. The van der Waals surface area contributed by atoms with Crippen molar-refractivity contribution in [3.05, 3.63) is 48.6 Å². The highest BCUT2D eigenvalue weighted by Crippen LogP contribution is 2.16. The van der Waals surface area contributed by atoms with Crippen LogP contribution in [0.4, 0.5) is 0 Å². The molecule has 129 heavy (non-hydrogen) atoms. The summed E-state index contributed by atoms with van der Waals surface area (Å²) >= 11 is 0. The van der Waals surface area contributed by atoms with Gasteiger partial charge in [-0.25, -0.2) is 32.4 Å². The van der Waals surface area contributed by atoms with Crippen molar-refractivity contribution in [3.8, 4) is 0 Å². The maximum Gasteiger partial charge on any atom is 0.333 e. The molecule has 0 aromatic carbocycles. The molecule has 0 rings (SSSR count). The Kier molecular flexibility index (Phi) is 84.5. The summed E-state index contributed by atoms with van der Waals surface area (Å²) in [5.74, 6) is 11.5. The van der Waals surface area contributed by atoms with Crippen molar-refractivity contribution in [2.75, 3.05) is 111 Å². The molecule has 2 N–H and O–H groups in total. The summed E-state index contributed by atoms with van der Waals surface area (Å²) in [6.45, 7) is 22.3. The molecule has 39 nitrogen and oxygen atoms in total. The van der Waals surface area contributed by atoms with Gasteiger partial charge in [-0.05, 0) is 136 Å². The van der Waals surface area contributed by atoms with Gasteiger partial charge in [-0.3, -0.25) is 53.5 Å². The lowest BCUT2D eigenvalue weighted by Crippen LogP contribution is -2.19. The smallest absolute Gasteiger partial charge is 0.333 e.